The van der Waals surface area contributed by atoms with Gasteiger partial charge < -0.3 is 14.4 Å². The van der Waals surface area contributed by atoms with Crippen molar-refractivity contribution in [2.45, 2.75) is 6.61 Å². The van der Waals surface area contributed by atoms with Crippen LogP contribution in [0.1, 0.15) is 5.56 Å². The second-order valence-electron chi connectivity index (χ2n) is 4.22. The molecule has 1 saturated heterocycles. The molecule has 0 aromatic heterocycles. The Kier molecular flexibility index (Phi) is 4.18. The van der Waals surface area contributed by atoms with Crippen molar-refractivity contribution in [3.63, 3.8) is 0 Å². The summed E-state index contributed by atoms with van der Waals surface area (Å²) in [5.74, 6) is -0.396. The van der Waals surface area contributed by atoms with E-state index in [9.17, 15) is 9.59 Å². The molecule has 100 valence electrons. The van der Waals surface area contributed by atoms with Crippen molar-refractivity contribution in [3.8, 4) is 0 Å². The molecule has 0 aliphatic carbocycles. The molecule has 2 rings (SSSR count). The molecule has 1 aromatic carbocycles. The molecule has 1 amide bonds. The molecule has 1 heterocycles. The highest BCUT2D eigenvalue weighted by Gasteiger charge is 2.27. The zero-order valence-electron chi connectivity index (χ0n) is 10.7. The third-order valence-corrected chi connectivity index (χ3v) is 2.77. The average Bonchev–Trinajstić information content (AvgIpc) is 2.40. The second kappa shape index (κ2) is 6.04. The first-order valence-electron chi connectivity index (χ1n) is 5.92. The SMILES string of the molecule is COC(=O)C=C1CN(C(=O)OCc2ccccc2)C1. The molecule has 0 atom stereocenters. The van der Waals surface area contributed by atoms with Gasteiger partial charge >= 0.3 is 12.1 Å². The molecule has 5 heteroatoms. The molecular formula is C14H15NO4. The van der Waals surface area contributed by atoms with Crippen LogP contribution in [0.25, 0.3) is 0 Å². The lowest BCUT2D eigenvalue weighted by Gasteiger charge is -2.32. The third kappa shape index (κ3) is 3.58. The summed E-state index contributed by atoms with van der Waals surface area (Å²) in [6, 6.07) is 9.48. The van der Waals surface area contributed by atoms with Crippen LogP contribution in [0.2, 0.25) is 0 Å². The summed E-state index contributed by atoms with van der Waals surface area (Å²) in [4.78, 5) is 24.2. The van der Waals surface area contributed by atoms with Crippen molar-refractivity contribution in [2.24, 2.45) is 0 Å². The quantitative estimate of drug-likeness (QED) is 0.614. The molecule has 0 N–H and O–H groups in total. The Labute approximate surface area is 111 Å². The molecule has 19 heavy (non-hydrogen) atoms. The molecule has 0 unspecified atom stereocenters. The van der Waals surface area contributed by atoms with Gasteiger partial charge in [0.2, 0.25) is 0 Å². The maximum absolute atomic E-state index is 11.7. The van der Waals surface area contributed by atoms with E-state index in [1.165, 1.54) is 18.1 Å². The fourth-order valence-corrected chi connectivity index (χ4v) is 1.70. The number of methoxy groups -OCH3 is 1. The zero-order valence-corrected chi connectivity index (χ0v) is 10.7. The Morgan fingerprint density at radius 1 is 1.26 bits per heavy atom. The van der Waals surface area contributed by atoms with E-state index in [1.54, 1.807) is 0 Å². The lowest BCUT2D eigenvalue weighted by atomic mass is 10.1. The van der Waals surface area contributed by atoms with Crippen molar-refractivity contribution in [1.82, 2.24) is 4.90 Å². The summed E-state index contributed by atoms with van der Waals surface area (Å²) in [7, 11) is 1.32. The minimum atomic E-state index is -0.396. The van der Waals surface area contributed by atoms with E-state index in [-0.39, 0.29) is 12.7 Å². The number of ether oxygens (including phenoxy) is 2. The summed E-state index contributed by atoms with van der Waals surface area (Å²) in [6.07, 6.45) is 1.03. The summed E-state index contributed by atoms with van der Waals surface area (Å²) in [5.41, 5.74) is 1.81. The maximum Gasteiger partial charge on any atom is 0.410 e. The highest BCUT2D eigenvalue weighted by molar-refractivity contribution is 5.83. The number of rotatable bonds is 3. The van der Waals surface area contributed by atoms with Crippen LogP contribution in [-0.4, -0.2) is 37.2 Å². The van der Waals surface area contributed by atoms with E-state index in [4.69, 9.17) is 4.74 Å². The Morgan fingerprint density at radius 2 is 1.95 bits per heavy atom. The van der Waals surface area contributed by atoms with Gasteiger partial charge in [0.05, 0.1) is 7.11 Å². The highest BCUT2D eigenvalue weighted by atomic mass is 16.6. The van der Waals surface area contributed by atoms with E-state index < -0.39 is 5.97 Å². The van der Waals surface area contributed by atoms with Gasteiger partial charge in [0, 0.05) is 19.2 Å². The Bertz CT molecular complexity index is 487. The van der Waals surface area contributed by atoms with Crippen LogP contribution >= 0.6 is 0 Å². The number of nitrogens with zero attached hydrogens (tertiary/aromatic N) is 1. The Balaban J connectivity index is 1.75. The van der Waals surface area contributed by atoms with E-state index >= 15 is 0 Å². The minimum Gasteiger partial charge on any atom is -0.466 e. The topological polar surface area (TPSA) is 55.8 Å². The molecule has 0 spiro atoms. The fourth-order valence-electron chi connectivity index (χ4n) is 1.70. The lowest BCUT2D eigenvalue weighted by molar-refractivity contribution is -0.135. The molecule has 0 saturated carbocycles. The van der Waals surface area contributed by atoms with Gasteiger partial charge in [-0.1, -0.05) is 30.3 Å². The van der Waals surface area contributed by atoms with Crippen molar-refractivity contribution in [1.29, 1.82) is 0 Å². The van der Waals surface area contributed by atoms with E-state index in [1.807, 2.05) is 30.3 Å². The van der Waals surface area contributed by atoms with Gasteiger partial charge in [0.1, 0.15) is 6.61 Å². The van der Waals surface area contributed by atoms with Crippen LogP contribution in [-0.2, 0) is 20.9 Å². The molecule has 1 aromatic rings. The number of hydrogen-bond acceptors (Lipinski definition) is 4. The first-order valence-corrected chi connectivity index (χ1v) is 5.92. The number of carbonyl (C=O) groups is 2. The molecule has 1 aliphatic rings. The van der Waals surface area contributed by atoms with Gasteiger partial charge in [0.15, 0.2) is 0 Å². The predicted octanol–water partition coefficient (Wildman–Crippen LogP) is 1.74. The number of carbonyl (C=O) groups excluding carboxylic acids is 2. The van der Waals surface area contributed by atoms with Crippen molar-refractivity contribution < 1.29 is 19.1 Å². The largest absolute Gasteiger partial charge is 0.466 e. The normalized spacial score (nSPS) is 13.5. The summed E-state index contributed by atoms with van der Waals surface area (Å²) >= 11 is 0. The summed E-state index contributed by atoms with van der Waals surface area (Å²) in [5, 5.41) is 0. The minimum absolute atomic E-state index is 0.256. The first-order chi connectivity index (χ1) is 9.19. The number of hydrogen-bond donors (Lipinski definition) is 0. The van der Waals surface area contributed by atoms with Gasteiger partial charge in [-0.05, 0) is 11.1 Å². The van der Waals surface area contributed by atoms with Gasteiger partial charge in [0.25, 0.3) is 0 Å². The lowest BCUT2D eigenvalue weighted by Crippen LogP contribution is -2.45. The third-order valence-electron chi connectivity index (χ3n) is 2.77. The van der Waals surface area contributed by atoms with Gasteiger partial charge in [-0.15, -0.1) is 0 Å². The van der Waals surface area contributed by atoms with Crippen LogP contribution in [0.3, 0.4) is 0 Å². The average molecular weight is 261 g/mol. The van der Waals surface area contributed by atoms with Crippen LogP contribution < -0.4 is 0 Å². The van der Waals surface area contributed by atoms with Crippen molar-refractivity contribution >= 4 is 12.1 Å². The van der Waals surface area contributed by atoms with Crippen LogP contribution in [0.4, 0.5) is 4.79 Å². The van der Waals surface area contributed by atoms with E-state index in [0.29, 0.717) is 13.1 Å². The zero-order chi connectivity index (χ0) is 13.7. The van der Waals surface area contributed by atoms with E-state index in [0.717, 1.165) is 11.1 Å². The molecule has 0 radical (unpaired) electrons. The van der Waals surface area contributed by atoms with Gasteiger partial charge in [-0.25, -0.2) is 9.59 Å². The number of amides is 1. The molecule has 1 aliphatic heterocycles. The molecule has 0 bridgehead atoms. The van der Waals surface area contributed by atoms with Crippen LogP contribution in [0.15, 0.2) is 42.0 Å². The predicted molar refractivity (Wildman–Crippen MR) is 68.3 cm³/mol. The van der Waals surface area contributed by atoms with E-state index in [2.05, 4.69) is 4.74 Å². The number of likely N-dealkylation sites (tertiary alicyclic amines) is 1. The summed E-state index contributed by atoms with van der Waals surface area (Å²) in [6.45, 7) is 1.09. The number of benzene rings is 1. The number of esters is 1. The Morgan fingerprint density at radius 3 is 2.58 bits per heavy atom. The first kappa shape index (κ1) is 13.1. The maximum atomic E-state index is 11.7. The van der Waals surface area contributed by atoms with Gasteiger partial charge in [-0.2, -0.15) is 0 Å². The molecule has 1 fully saturated rings. The molecule has 5 nitrogen and oxygen atoms in total. The Hall–Kier alpha value is -2.30. The van der Waals surface area contributed by atoms with Crippen molar-refractivity contribution in [3.05, 3.63) is 47.5 Å². The standard InChI is InChI=1S/C14H15NO4/c1-18-13(16)7-12-8-15(9-12)14(17)19-10-11-5-3-2-4-6-11/h2-7H,8-10H2,1H3. The molecular weight excluding hydrogens is 246 g/mol. The van der Waals surface area contributed by atoms with Crippen molar-refractivity contribution in [2.75, 3.05) is 20.2 Å². The van der Waals surface area contributed by atoms with Crippen LogP contribution in [0.5, 0.6) is 0 Å². The van der Waals surface area contributed by atoms with Gasteiger partial charge in [-0.3, -0.25) is 0 Å². The smallest absolute Gasteiger partial charge is 0.410 e. The van der Waals surface area contributed by atoms with Crippen LogP contribution in [0, 0.1) is 0 Å². The summed E-state index contributed by atoms with van der Waals surface area (Å²) < 4.78 is 9.66. The monoisotopic (exact) mass is 261 g/mol. The highest BCUT2D eigenvalue weighted by Crippen LogP contribution is 2.16. The second-order valence-corrected chi connectivity index (χ2v) is 4.22. The fraction of sp³-hybridized carbons (Fsp3) is 0.286.